The van der Waals surface area contributed by atoms with Gasteiger partial charge in [0, 0.05) is 12.3 Å². The summed E-state index contributed by atoms with van der Waals surface area (Å²) in [5, 5.41) is 0.290. The monoisotopic (exact) mass is 389 g/mol. The van der Waals surface area contributed by atoms with Gasteiger partial charge in [-0.15, -0.1) is 0 Å². The van der Waals surface area contributed by atoms with Gasteiger partial charge in [0.2, 0.25) is 0 Å². The van der Waals surface area contributed by atoms with Crippen LogP contribution in [0.3, 0.4) is 0 Å². The van der Waals surface area contributed by atoms with Crippen LogP contribution in [-0.4, -0.2) is 46.5 Å². The normalized spacial score (nSPS) is 12.0. The molecule has 0 amide bonds. The fourth-order valence-electron chi connectivity index (χ4n) is 2.73. The van der Waals surface area contributed by atoms with Gasteiger partial charge in [-0.3, -0.25) is 9.19 Å². The van der Waals surface area contributed by atoms with E-state index in [1.807, 2.05) is 0 Å². The zero-order valence-electron chi connectivity index (χ0n) is 15.4. The Labute approximate surface area is 158 Å². The summed E-state index contributed by atoms with van der Waals surface area (Å²) in [6.45, 7) is 1.80. The Bertz CT molecular complexity index is 1030. The third-order valence-corrected chi connectivity index (χ3v) is 5.22. The van der Waals surface area contributed by atoms with Gasteiger partial charge in [0.25, 0.3) is 0 Å². The van der Waals surface area contributed by atoms with Gasteiger partial charge in [-0.2, -0.15) is 0 Å². The summed E-state index contributed by atoms with van der Waals surface area (Å²) in [6, 6.07) is 5.07. The first-order chi connectivity index (χ1) is 13.0. The number of rotatable bonds is 6. The number of imidazole rings is 1. The summed E-state index contributed by atoms with van der Waals surface area (Å²) >= 11 is 0. The molecule has 8 nitrogen and oxygen atoms in total. The van der Waals surface area contributed by atoms with Gasteiger partial charge in [0.05, 0.1) is 60.2 Å². The number of fused-ring (bicyclic) bond motifs is 1. The van der Waals surface area contributed by atoms with Crippen LogP contribution in [0, 0.1) is 6.92 Å². The summed E-state index contributed by atoms with van der Waals surface area (Å²) in [5.74, 6) is 0.615. The lowest BCUT2D eigenvalue weighted by molar-refractivity contribution is 0.0600. The Morgan fingerprint density at radius 3 is 2.67 bits per heavy atom. The van der Waals surface area contributed by atoms with Crippen LogP contribution in [0.25, 0.3) is 11.0 Å². The van der Waals surface area contributed by atoms with Crippen LogP contribution in [-0.2, 0) is 21.3 Å². The number of hydrogen-bond donors (Lipinski definition) is 1. The molecule has 142 valence electrons. The summed E-state index contributed by atoms with van der Waals surface area (Å²) in [6.07, 6.45) is 1.57. The number of benzene rings is 1. The van der Waals surface area contributed by atoms with Crippen molar-refractivity contribution in [2.75, 3.05) is 21.3 Å². The third-order valence-electron chi connectivity index (χ3n) is 4.06. The Morgan fingerprint density at radius 2 is 2.00 bits per heavy atom. The molecule has 0 aliphatic rings. The van der Waals surface area contributed by atoms with E-state index in [4.69, 9.17) is 14.2 Å². The fourth-order valence-corrected chi connectivity index (χ4v) is 3.74. The van der Waals surface area contributed by atoms with Crippen LogP contribution in [0.15, 0.2) is 29.6 Å². The lowest BCUT2D eigenvalue weighted by atomic mass is 10.1. The Hall–Kier alpha value is -2.94. The predicted molar refractivity (Wildman–Crippen MR) is 99.6 cm³/mol. The maximum Gasteiger partial charge on any atom is 0.338 e. The molecule has 0 radical (unpaired) electrons. The number of pyridine rings is 1. The zero-order chi connectivity index (χ0) is 19.6. The van der Waals surface area contributed by atoms with Crippen molar-refractivity contribution < 1.29 is 23.2 Å². The van der Waals surface area contributed by atoms with Gasteiger partial charge in [0.15, 0.2) is 16.7 Å². The molecule has 3 aromatic rings. The molecule has 0 aliphatic carbocycles. The van der Waals surface area contributed by atoms with E-state index in [1.54, 1.807) is 31.3 Å². The Kier molecular flexibility index (Phi) is 5.41. The molecule has 0 saturated carbocycles. The number of carbonyl (C=O) groups is 1. The average molecular weight is 389 g/mol. The van der Waals surface area contributed by atoms with Crippen molar-refractivity contribution in [1.29, 1.82) is 0 Å². The lowest BCUT2D eigenvalue weighted by Crippen LogP contribution is -2.04. The van der Waals surface area contributed by atoms with Crippen LogP contribution < -0.4 is 9.47 Å². The van der Waals surface area contributed by atoms with E-state index in [1.165, 1.54) is 21.3 Å². The molecule has 9 heteroatoms. The van der Waals surface area contributed by atoms with Crippen molar-refractivity contribution >= 4 is 27.8 Å². The van der Waals surface area contributed by atoms with E-state index >= 15 is 0 Å². The maximum absolute atomic E-state index is 12.8. The number of aryl methyl sites for hydroxylation is 1. The molecule has 3 rings (SSSR count). The lowest BCUT2D eigenvalue weighted by Gasteiger charge is -2.10. The van der Waals surface area contributed by atoms with E-state index in [2.05, 4.69) is 15.0 Å². The van der Waals surface area contributed by atoms with Crippen molar-refractivity contribution in [3.8, 4) is 11.5 Å². The van der Waals surface area contributed by atoms with Gasteiger partial charge in [-0.1, -0.05) is 0 Å². The van der Waals surface area contributed by atoms with Crippen LogP contribution in [0.4, 0.5) is 0 Å². The molecule has 0 aliphatic heterocycles. The highest BCUT2D eigenvalue weighted by atomic mass is 32.2. The second-order valence-electron chi connectivity index (χ2n) is 5.70. The first kappa shape index (κ1) is 18.8. The van der Waals surface area contributed by atoms with Crippen molar-refractivity contribution in [2.24, 2.45) is 0 Å². The Morgan fingerprint density at radius 1 is 1.22 bits per heavy atom. The quantitative estimate of drug-likeness (QED) is 0.646. The second-order valence-corrected chi connectivity index (χ2v) is 7.07. The first-order valence-electron chi connectivity index (χ1n) is 8.01. The molecule has 27 heavy (non-hydrogen) atoms. The zero-order valence-corrected chi connectivity index (χ0v) is 16.2. The van der Waals surface area contributed by atoms with Crippen LogP contribution in [0.5, 0.6) is 11.5 Å². The van der Waals surface area contributed by atoms with Crippen LogP contribution in [0.1, 0.15) is 21.6 Å². The number of H-pyrrole nitrogens is 1. The summed E-state index contributed by atoms with van der Waals surface area (Å²) in [4.78, 5) is 23.5. The fraction of sp³-hybridized carbons (Fsp3) is 0.278. The van der Waals surface area contributed by atoms with Crippen LogP contribution >= 0.6 is 0 Å². The minimum absolute atomic E-state index is 0.100. The second kappa shape index (κ2) is 7.75. The molecule has 1 unspecified atom stereocenters. The summed E-state index contributed by atoms with van der Waals surface area (Å²) in [7, 11) is 2.86. The number of aromatic nitrogens is 3. The molecule has 1 aromatic carbocycles. The summed E-state index contributed by atoms with van der Waals surface area (Å²) in [5.41, 5.74) is 2.89. The Balaban J connectivity index is 1.94. The minimum Gasteiger partial charge on any atom is -0.493 e. The smallest absolute Gasteiger partial charge is 0.338 e. The number of methoxy groups -OCH3 is 3. The molecule has 1 atom stereocenters. The SMILES string of the molecule is COC(=O)c1cc2nc(S(=O)Cc3nccc(OC)c3OC)[nH]c2cc1C. The molecule has 0 spiro atoms. The van der Waals surface area contributed by atoms with E-state index in [9.17, 15) is 9.00 Å². The number of esters is 1. The highest BCUT2D eigenvalue weighted by molar-refractivity contribution is 7.84. The van der Waals surface area contributed by atoms with E-state index in [0.717, 1.165) is 5.56 Å². The topological polar surface area (TPSA) is 103 Å². The molecule has 0 saturated heterocycles. The van der Waals surface area contributed by atoms with E-state index in [0.29, 0.717) is 33.8 Å². The first-order valence-corrected chi connectivity index (χ1v) is 9.33. The number of hydrogen-bond acceptors (Lipinski definition) is 7. The molecule has 0 fully saturated rings. The number of aromatic amines is 1. The highest BCUT2D eigenvalue weighted by Crippen LogP contribution is 2.30. The van der Waals surface area contributed by atoms with Gasteiger partial charge in [-0.05, 0) is 24.6 Å². The third kappa shape index (κ3) is 3.63. The molecule has 2 heterocycles. The van der Waals surface area contributed by atoms with Gasteiger partial charge in [-0.25, -0.2) is 9.78 Å². The van der Waals surface area contributed by atoms with Gasteiger partial charge < -0.3 is 19.2 Å². The highest BCUT2D eigenvalue weighted by Gasteiger charge is 2.19. The van der Waals surface area contributed by atoms with Crippen molar-refractivity contribution in [1.82, 2.24) is 15.0 Å². The van der Waals surface area contributed by atoms with Crippen molar-refractivity contribution in [3.05, 3.63) is 41.2 Å². The number of nitrogens with one attached hydrogen (secondary N) is 1. The van der Waals surface area contributed by atoms with Crippen molar-refractivity contribution in [3.63, 3.8) is 0 Å². The molecular weight excluding hydrogens is 370 g/mol. The largest absolute Gasteiger partial charge is 0.493 e. The number of carbonyl (C=O) groups excluding carboxylic acids is 1. The van der Waals surface area contributed by atoms with Crippen LogP contribution in [0.2, 0.25) is 0 Å². The van der Waals surface area contributed by atoms with Gasteiger partial charge in [0.1, 0.15) is 0 Å². The standard InChI is InChI=1S/C18H19N3O5S/c1-10-7-12-13(8-11(10)17(22)26-4)21-18(20-12)27(23)9-14-16(25-3)15(24-2)5-6-19-14/h5-8H,9H2,1-4H3,(H,20,21). The molecule has 2 aromatic heterocycles. The van der Waals surface area contributed by atoms with Gasteiger partial charge >= 0.3 is 5.97 Å². The summed E-state index contributed by atoms with van der Waals surface area (Å²) < 4.78 is 28.1. The molecular formula is C18H19N3O5S. The molecule has 1 N–H and O–H groups in total. The van der Waals surface area contributed by atoms with E-state index in [-0.39, 0.29) is 10.9 Å². The van der Waals surface area contributed by atoms with E-state index < -0.39 is 16.8 Å². The predicted octanol–water partition coefficient (Wildman–Crippen LogP) is 2.38. The number of nitrogens with zero attached hydrogens (tertiary/aromatic N) is 2. The maximum atomic E-state index is 12.8. The molecule has 0 bridgehead atoms. The minimum atomic E-state index is -1.50. The number of ether oxygens (including phenoxy) is 3. The van der Waals surface area contributed by atoms with Crippen molar-refractivity contribution in [2.45, 2.75) is 17.8 Å². The average Bonchev–Trinajstić information content (AvgIpc) is 3.09.